The molecule has 2 amide bonds. The van der Waals surface area contributed by atoms with E-state index >= 15 is 0 Å². The summed E-state index contributed by atoms with van der Waals surface area (Å²) in [4.78, 5) is 24.7. The Kier molecular flexibility index (Phi) is 7.55. The zero-order valence-corrected chi connectivity index (χ0v) is 16.3. The summed E-state index contributed by atoms with van der Waals surface area (Å²) in [6.07, 6.45) is 0.347. The van der Waals surface area contributed by atoms with Gasteiger partial charge >= 0.3 is 0 Å². The molecular weight excluding hydrogens is 338 g/mol. The number of carbonyl (C=O) groups excluding carboxylic acids is 2. The van der Waals surface area contributed by atoms with Crippen molar-refractivity contribution in [2.24, 2.45) is 5.73 Å². The van der Waals surface area contributed by atoms with E-state index in [1.54, 1.807) is 24.3 Å². The maximum absolute atomic E-state index is 12.5. The number of hydrogen-bond acceptors (Lipinski definition) is 3. The lowest BCUT2D eigenvalue weighted by Crippen LogP contribution is -2.30. The van der Waals surface area contributed by atoms with E-state index in [1.807, 2.05) is 6.92 Å². The lowest BCUT2D eigenvalue weighted by atomic mass is 9.94. The number of nitrogens with two attached hydrogens (primary N) is 1. The van der Waals surface area contributed by atoms with Gasteiger partial charge in [0.25, 0.3) is 5.91 Å². The monoisotopic (exact) mass is 367 g/mol. The van der Waals surface area contributed by atoms with Crippen LogP contribution in [0.4, 0.5) is 5.69 Å². The highest BCUT2D eigenvalue weighted by Gasteiger charge is 2.15. The first-order chi connectivity index (χ1) is 12.9. The van der Waals surface area contributed by atoms with Crippen LogP contribution >= 0.6 is 0 Å². The maximum Gasteiger partial charge on any atom is 0.253 e. The molecular formula is C22H29N3O2. The predicted molar refractivity (Wildman–Crippen MR) is 110 cm³/mol. The second-order valence-corrected chi connectivity index (χ2v) is 7.06. The molecule has 0 aliphatic rings. The van der Waals surface area contributed by atoms with Crippen LogP contribution in [0.5, 0.6) is 0 Å². The Labute approximate surface area is 161 Å². The van der Waals surface area contributed by atoms with E-state index in [2.05, 4.69) is 48.7 Å². The zero-order chi connectivity index (χ0) is 19.8. The van der Waals surface area contributed by atoms with Gasteiger partial charge in [-0.1, -0.05) is 57.2 Å². The van der Waals surface area contributed by atoms with E-state index in [9.17, 15) is 9.59 Å². The first-order valence-corrected chi connectivity index (χ1v) is 9.39. The number of para-hydroxylation sites is 1. The molecule has 2 aromatic carbocycles. The van der Waals surface area contributed by atoms with Crippen LogP contribution in [-0.2, 0) is 4.79 Å². The van der Waals surface area contributed by atoms with Gasteiger partial charge in [0.1, 0.15) is 0 Å². The van der Waals surface area contributed by atoms with Crippen LogP contribution in [0.3, 0.4) is 0 Å². The molecule has 0 aliphatic heterocycles. The molecule has 1 unspecified atom stereocenters. The van der Waals surface area contributed by atoms with E-state index in [4.69, 9.17) is 5.73 Å². The Bertz CT molecular complexity index is 769. The fourth-order valence-electron chi connectivity index (χ4n) is 2.88. The summed E-state index contributed by atoms with van der Waals surface area (Å²) in [7, 11) is 0. The minimum absolute atomic E-state index is 0.0874. The Hall–Kier alpha value is -2.66. The van der Waals surface area contributed by atoms with E-state index in [1.165, 1.54) is 5.56 Å². The summed E-state index contributed by atoms with van der Waals surface area (Å²) in [6.45, 7) is 7.11. The predicted octanol–water partition coefficient (Wildman–Crippen LogP) is 3.63. The van der Waals surface area contributed by atoms with Crippen LogP contribution in [0.15, 0.2) is 48.5 Å². The maximum atomic E-state index is 12.5. The Morgan fingerprint density at radius 2 is 1.59 bits per heavy atom. The van der Waals surface area contributed by atoms with Gasteiger partial charge in [-0.05, 0) is 35.1 Å². The van der Waals surface area contributed by atoms with Crippen molar-refractivity contribution in [3.05, 3.63) is 65.2 Å². The topological polar surface area (TPSA) is 84.2 Å². The highest BCUT2D eigenvalue weighted by Crippen LogP contribution is 2.23. The van der Waals surface area contributed by atoms with Gasteiger partial charge in [-0.3, -0.25) is 9.59 Å². The van der Waals surface area contributed by atoms with Crippen molar-refractivity contribution < 1.29 is 9.59 Å². The summed E-state index contributed by atoms with van der Waals surface area (Å²) in [5.74, 6) is 0.215. The highest BCUT2D eigenvalue weighted by atomic mass is 16.2. The second kappa shape index (κ2) is 9.88. The summed E-state index contributed by atoms with van der Waals surface area (Å²) in [5, 5.41) is 5.60. The standard InChI is InChI=1S/C22H29N3O2/c1-15(2)17-8-10-18(11-9-17)16(3)14-21(26)25-20-7-5-4-6-19(20)22(27)24-13-12-23/h4-11,15-16H,12-14,23H2,1-3H3,(H,24,27)(H,25,26). The van der Waals surface area contributed by atoms with E-state index in [0.717, 1.165) is 5.56 Å². The zero-order valence-electron chi connectivity index (χ0n) is 16.3. The third-order valence-corrected chi connectivity index (χ3v) is 4.54. The van der Waals surface area contributed by atoms with Gasteiger partial charge in [0.15, 0.2) is 0 Å². The molecule has 2 aromatic rings. The molecule has 0 bridgehead atoms. The number of anilines is 1. The molecule has 0 fully saturated rings. The molecule has 5 heteroatoms. The van der Waals surface area contributed by atoms with Gasteiger partial charge in [0.05, 0.1) is 11.3 Å². The number of amides is 2. The quantitative estimate of drug-likeness (QED) is 0.666. The molecule has 144 valence electrons. The normalized spacial score (nSPS) is 11.9. The first kappa shape index (κ1) is 20.6. The second-order valence-electron chi connectivity index (χ2n) is 7.06. The molecule has 5 nitrogen and oxygen atoms in total. The number of carbonyl (C=O) groups is 2. The van der Waals surface area contributed by atoms with E-state index in [-0.39, 0.29) is 17.7 Å². The minimum Gasteiger partial charge on any atom is -0.351 e. The van der Waals surface area contributed by atoms with E-state index in [0.29, 0.717) is 36.7 Å². The molecule has 0 saturated carbocycles. The Morgan fingerprint density at radius 3 is 2.22 bits per heavy atom. The molecule has 0 radical (unpaired) electrons. The van der Waals surface area contributed by atoms with Crippen LogP contribution in [0.1, 0.15) is 60.5 Å². The fraction of sp³-hybridized carbons (Fsp3) is 0.364. The summed E-state index contributed by atoms with van der Waals surface area (Å²) in [6, 6.07) is 15.4. The lowest BCUT2D eigenvalue weighted by Gasteiger charge is -2.15. The number of benzene rings is 2. The van der Waals surface area contributed by atoms with Crippen molar-refractivity contribution in [3.63, 3.8) is 0 Å². The van der Waals surface area contributed by atoms with Crippen molar-refractivity contribution >= 4 is 17.5 Å². The van der Waals surface area contributed by atoms with Crippen LogP contribution in [-0.4, -0.2) is 24.9 Å². The molecule has 0 aliphatic carbocycles. The highest BCUT2D eigenvalue weighted by molar-refractivity contribution is 6.03. The molecule has 2 rings (SSSR count). The van der Waals surface area contributed by atoms with Gasteiger partial charge in [-0.25, -0.2) is 0 Å². The summed E-state index contributed by atoms with van der Waals surface area (Å²) < 4.78 is 0. The number of nitrogens with one attached hydrogen (secondary N) is 2. The molecule has 27 heavy (non-hydrogen) atoms. The lowest BCUT2D eigenvalue weighted by molar-refractivity contribution is -0.116. The molecule has 0 heterocycles. The van der Waals surface area contributed by atoms with Crippen molar-refractivity contribution in [3.8, 4) is 0 Å². The van der Waals surface area contributed by atoms with Crippen LogP contribution in [0.2, 0.25) is 0 Å². The molecule has 4 N–H and O–H groups in total. The fourth-order valence-corrected chi connectivity index (χ4v) is 2.88. The molecule has 0 aromatic heterocycles. The summed E-state index contributed by atoms with van der Waals surface area (Å²) >= 11 is 0. The van der Waals surface area contributed by atoms with E-state index < -0.39 is 0 Å². The molecule has 0 spiro atoms. The number of rotatable bonds is 8. The van der Waals surface area contributed by atoms with Crippen molar-refractivity contribution in [2.45, 2.75) is 39.0 Å². The average Bonchev–Trinajstić information content (AvgIpc) is 2.66. The molecule has 1 atom stereocenters. The van der Waals surface area contributed by atoms with Gasteiger partial charge < -0.3 is 16.4 Å². The van der Waals surface area contributed by atoms with Gasteiger partial charge in [-0.15, -0.1) is 0 Å². The average molecular weight is 367 g/mol. The first-order valence-electron chi connectivity index (χ1n) is 9.39. The van der Waals surface area contributed by atoms with Crippen molar-refractivity contribution in [2.75, 3.05) is 18.4 Å². The van der Waals surface area contributed by atoms with Crippen LogP contribution in [0, 0.1) is 0 Å². The minimum atomic E-state index is -0.242. The third-order valence-electron chi connectivity index (χ3n) is 4.54. The van der Waals surface area contributed by atoms with Crippen LogP contribution < -0.4 is 16.4 Å². The van der Waals surface area contributed by atoms with Gasteiger partial charge in [-0.2, -0.15) is 0 Å². The SMILES string of the molecule is CC(C)c1ccc(C(C)CC(=O)Nc2ccccc2C(=O)NCCN)cc1. The van der Waals surface area contributed by atoms with Gasteiger partial charge in [0.2, 0.25) is 5.91 Å². The molecule has 0 saturated heterocycles. The summed E-state index contributed by atoms with van der Waals surface area (Å²) in [5.41, 5.74) is 8.79. The largest absolute Gasteiger partial charge is 0.351 e. The third kappa shape index (κ3) is 5.93. The van der Waals surface area contributed by atoms with Crippen LogP contribution in [0.25, 0.3) is 0 Å². The van der Waals surface area contributed by atoms with Crippen molar-refractivity contribution in [1.29, 1.82) is 0 Å². The van der Waals surface area contributed by atoms with Gasteiger partial charge in [0, 0.05) is 19.5 Å². The van der Waals surface area contributed by atoms with Crippen molar-refractivity contribution in [1.82, 2.24) is 5.32 Å². The smallest absolute Gasteiger partial charge is 0.253 e. The number of hydrogen-bond donors (Lipinski definition) is 3. The Morgan fingerprint density at radius 1 is 0.963 bits per heavy atom. The Balaban J connectivity index is 2.02.